The molecule has 0 spiro atoms. The van der Waals surface area contributed by atoms with Crippen LogP contribution >= 0.6 is 0 Å². The van der Waals surface area contributed by atoms with Crippen molar-refractivity contribution < 1.29 is 19.7 Å². The van der Waals surface area contributed by atoms with Crippen LogP contribution in [-0.2, 0) is 11.3 Å². The number of nitrogens with zero attached hydrogens (tertiary/aromatic N) is 4. The van der Waals surface area contributed by atoms with E-state index in [0.717, 1.165) is 5.56 Å². The minimum Gasteiger partial charge on any atom is -0.445 e. The van der Waals surface area contributed by atoms with Gasteiger partial charge in [-0.3, -0.25) is 4.57 Å². The van der Waals surface area contributed by atoms with E-state index in [1.165, 1.54) is 12.4 Å². The van der Waals surface area contributed by atoms with Crippen LogP contribution in [0.4, 0.5) is 4.79 Å². The summed E-state index contributed by atoms with van der Waals surface area (Å²) in [7, 11) is 0. The van der Waals surface area contributed by atoms with Crippen LogP contribution in [0.5, 0.6) is 0 Å². The van der Waals surface area contributed by atoms with Crippen molar-refractivity contribution >= 4 is 6.09 Å². The Balaban J connectivity index is 1.41. The molecule has 0 bridgehead atoms. The Morgan fingerprint density at radius 1 is 1.18 bits per heavy atom. The number of carbonyl (C=O) groups is 1. The Labute approximate surface area is 161 Å². The zero-order chi connectivity index (χ0) is 19.8. The van der Waals surface area contributed by atoms with Crippen LogP contribution in [-0.4, -0.2) is 48.5 Å². The van der Waals surface area contributed by atoms with Crippen molar-refractivity contribution in [3.63, 3.8) is 0 Å². The second-order valence-corrected chi connectivity index (χ2v) is 6.08. The molecule has 2 aromatic heterocycles. The molecule has 28 heavy (non-hydrogen) atoms. The van der Waals surface area contributed by atoms with Crippen LogP contribution in [0.25, 0.3) is 5.95 Å². The van der Waals surface area contributed by atoms with Gasteiger partial charge in [-0.2, -0.15) is 0 Å². The number of aliphatic hydroxyl groups excluding tert-OH is 2. The molecule has 0 saturated carbocycles. The molecular weight excluding hydrogens is 362 g/mol. The average Bonchev–Trinajstić information content (AvgIpc) is 3.27. The van der Waals surface area contributed by atoms with Crippen molar-refractivity contribution in [1.29, 1.82) is 0 Å². The molecule has 2 unspecified atom stereocenters. The normalized spacial score (nSPS) is 12.9. The number of rotatable bonds is 8. The SMILES string of the molecule is O=C(NCCC(O)C(O)c1cnc(-n2ccnc2)nc1)OCc1ccccc1. The number of aromatic nitrogens is 4. The molecule has 0 fully saturated rings. The number of aliphatic hydroxyl groups is 2. The smallest absolute Gasteiger partial charge is 0.407 e. The number of hydrogen-bond acceptors (Lipinski definition) is 7. The quantitative estimate of drug-likeness (QED) is 0.537. The summed E-state index contributed by atoms with van der Waals surface area (Å²) in [5, 5.41) is 22.9. The number of carbonyl (C=O) groups excluding carboxylic acids is 1. The maximum absolute atomic E-state index is 11.7. The first-order chi connectivity index (χ1) is 13.6. The molecule has 0 saturated heterocycles. The predicted molar refractivity (Wildman–Crippen MR) is 99.4 cm³/mol. The van der Waals surface area contributed by atoms with E-state index in [1.807, 2.05) is 30.3 Å². The van der Waals surface area contributed by atoms with Gasteiger partial charge < -0.3 is 20.3 Å². The van der Waals surface area contributed by atoms with E-state index < -0.39 is 18.3 Å². The molecule has 0 aliphatic rings. The summed E-state index contributed by atoms with van der Waals surface area (Å²) in [6, 6.07) is 9.31. The Morgan fingerprint density at radius 3 is 2.61 bits per heavy atom. The predicted octanol–water partition coefficient (Wildman–Crippen LogP) is 1.37. The van der Waals surface area contributed by atoms with Crippen LogP contribution in [0.2, 0.25) is 0 Å². The van der Waals surface area contributed by atoms with Gasteiger partial charge in [0.25, 0.3) is 0 Å². The zero-order valence-corrected chi connectivity index (χ0v) is 15.0. The maximum atomic E-state index is 11.7. The number of amides is 1. The number of ether oxygens (including phenoxy) is 1. The van der Waals surface area contributed by atoms with Gasteiger partial charge in [0.15, 0.2) is 0 Å². The molecule has 3 rings (SSSR count). The summed E-state index contributed by atoms with van der Waals surface area (Å²) < 4.78 is 6.70. The third-order valence-electron chi connectivity index (χ3n) is 4.02. The van der Waals surface area contributed by atoms with E-state index in [1.54, 1.807) is 23.3 Å². The summed E-state index contributed by atoms with van der Waals surface area (Å²) in [5.74, 6) is 0.408. The largest absolute Gasteiger partial charge is 0.445 e. The van der Waals surface area contributed by atoms with E-state index in [0.29, 0.717) is 11.5 Å². The highest BCUT2D eigenvalue weighted by molar-refractivity contribution is 5.67. The fourth-order valence-corrected chi connectivity index (χ4v) is 2.47. The van der Waals surface area contributed by atoms with Crippen molar-refractivity contribution in [2.75, 3.05) is 6.54 Å². The lowest BCUT2D eigenvalue weighted by Gasteiger charge is -2.18. The van der Waals surface area contributed by atoms with Crippen LogP contribution in [0.3, 0.4) is 0 Å². The van der Waals surface area contributed by atoms with Gasteiger partial charge in [-0.25, -0.2) is 19.7 Å². The van der Waals surface area contributed by atoms with E-state index in [-0.39, 0.29) is 19.6 Å². The van der Waals surface area contributed by atoms with Crippen molar-refractivity contribution in [3.8, 4) is 5.95 Å². The molecule has 3 N–H and O–H groups in total. The zero-order valence-electron chi connectivity index (χ0n) is 15.0. The minimum absolute atomic E-state index is 0.144. The third-order valence-corrected chi connectivity index (χ3v) is 4.02. The molecule has 2 heterocycles. The highest BCUT2D eigenvalue weighted by Gasteiger charge is 2.19. The molecule has 1 amide bonds. The van der Waals surface area contributed by atoms with Crippen LogP contribution in [0.15, 0.2) is 61.4 Å². The summed E-state index contributed by atoms with van der Waals surface area (Å²) in [5.41, 5.74) is 1.26. The van der Waals surface area contributed by atoms with Gasteiger partial charge in [0.2, 0.25) is 5.95 Å². The summed E-state index contributed by atoms with van der Waals surface area (Å²) >= 11 is 0. The second kappa shape index (κ2) is 9.58. The highest BCUT2D eigenvalue weighted by atomic mass is 16.5. The molecule has 0 radical (unpaired) electrons. The Kier molecular flexibility index (Phi) is 6.66. The van der Waals surface area contributed by atoms with Gasteiger partial charge in [-0.1, -0.05) is 30.3 Å². The molecular formula is C19H21N5O4. The van der Waals surface area contributed by atoms with E-state index >= 15 is 0 Å². The molecule has 1 aromatic carbocycles. The van der Waals surface area contributed by atoms with E-state index in [4.69, 9.17) is 4.74 Å². The number of benzene rings is 1. The first-order valence-electron chi connectivity index (χ1n) is 8.74. The molecule has 9 nitrogen and oxygen atoms in total. The van der Waals surface area contributed by atoms with Crippen LogP contribution in [0, 0.1) is 0 Å². The monoisotopic (exact) mass is 383 g/mol. The Hall–Kier alpha value is -3.30. The summed E-state index contributed by atoms with van der Waals surface area (Å²) in [6.45, 7) is 0.318. The van der Waals surface area contributed by atoms with Crippen molar-refractivity contribution in [1.82, 2.24) is 24.8 Å². The Bertz CT molecular complexity index is 856. The number of nitrogens with one attached hydrogen (secondary N) is 1. The molecule has 0 aliphatic carbocycles. The summed E-state index contributed by atoms with van der Waals surface area (Å²) in [6.07, 6.45) is 5.05. The average molecular weight is 383 g/mol. The second-order valence-electron chi connectivity index (χ2n) is 6.08. The lowest BCUT2D eigenvalue weighted by Crippen LogP contribution is -2.29. The molecule has 3 aromatic rings. The lowest BCUT2D eigenvalue weighted by atomic mass is 10.1. The summed E-state index contributed by atoms with van der Waals surface area (Å²) in [4.78, 5) is 23.9. The van der Waals surface area contributed by atoms with Gasteiger partial charge in [-0.05, 0) is 12.0 Å². The van der Waals surface area contributed by atoms with Crippen LogP contribution in [0.1, 0.15) is 23.7 Å². The van der Waals surface area contributed by atoms with E-state index in [2.05, 4.69) is 20.3 Å². The maximum Gasteiger partial charge on any atom is 0.407 e. The number of hydrogen-bond donors (Lipinski definition) is 3. The first kappa shape index (κ1) is 19.5. The van der Waals surface area contributed by atoms with Crippen molar-refractivity contribution in [2.45, 2.75) is 25.2 Å². The fourth-order valence-electron chi connectivity index (χ4n) is 2.47. The van der Waals surface area contributed by atoms with E-state index in [9.17, 15) is 15.0 Å². The van der Waals surface area contributed by atoms with Gasteiger partial charge in [0.1, 0.15) is 19.0 Å². The lowest BCUT2D eigenvalue weighted by molar-refractivity contribution is 0.0132. The topological polar surface area (TPSA) is 122 Å². The van der Waals surface area contributed by atoms with Gasteiger partial charge in [0, 0.05) is 36.9 Å². The highest BCUT2D eigenvalue weighted by Crippen LogP contribution is 2.17. The standard InChI is InChI=1S/C19H21N5O4/c25-16(6-7-21-19(27)28-12-14-4-2-1-3-5-14)17(26)15-10-22-18(23-11-15)24-9-8-20-13-24/h1-5,8-11,13,16-17,25-26H,6-7,12H2,(H,21,27). The van der Waals surface area contributed by atoms with Gasteiger partial charge in [0.05, 0.1) is 6.10 Å². The fraction of sp³-hybridized carbons (Fsp3) is 0.263. The number of imidazole rings is 1. The molecule has 2 atom stereocenters. The van der Waals surface area contributed by atoms with Crippen LogP contribution < -0.4 is 5.32 Å². The van der Waals surface area contributed by atoms with Gasteiger partial charge >= 0.3 is 6.09 Å². The van der Waals surface area contributed by atoms with Crippen molar-refractivity contribution in [2.24, 2.45) is 0 Å². The Morgan fingerprint density at radius 2 is 1.93 bits per heavy atom. The molecule has 146 valence electrons. The molecule has 9 heteroatoms. The van der Waals surface area contributed by atoms with Gasteiger partial charge in [-0.15, -0.1) is 0 Å². The van der Waals surface area contributed by atoms with Crippen molar-refractivity contribution in [3.05, 3.63) is 72.6 Å². The number of alkyl carbamates (subject to hydrolysis) is 1. The minimum atomic E-state index is -1.17. The first-order valence-corrected chi connectivity index (χ1v) is 8.74. The molecule has 0 aliphatic heterocycles. The third kappa shape index (κ3) is 5.35.